The first-order chi connectivity index (χ1) is 12.1. The second-order valence-corrected chi connectivity index (χ2v) is 7.91. The number of halogens is 1. The van der Waals surface area contributed by atoms with E-state index >= 15 is 0 Å². The number of para-hydroxylation sites is 1. The molecule has 1 aliphatic rings. The number of benzene rings is 1. The molecule has 2 aromatic rings. The smallest absolute Gasteiger partial charge is 0.191 e. The highest BCUT2D eigenvalue weighted by molar-refractivity contribution is 7.99. The first kappa shape index (κ1) is 18.5. The topological polar surface area (TPSA) is 43.2 Å². The largest absolute Gasteiger partial charge is 0.484 e. The van der Waals surface area contributed by atoms with E-state index in [1.807, 2.05) is 35.9 Å². The predicted molar refractivity (Wildman–Crippen MR) is 102 cm³/mol. The van der Waals surface area contributed by atoms with E-state index < -0.39 is 0 Å². The van der Waals surface area contributed by atoms with Crippen molar-refractivity contribution in [2.75, 3.05) is 19.3 Å². The molecule has 0 bridgehead atoms. The molecule has 1 fully saturated rings. The van der Waals surface area contributed by atoms with Crippen LogP contribution in [-0.4, -0.2) is 45.1 Å². The molecule has 1 unspecified atom stereocenters. The van der Waals surface area contributed by atoms with Crippen molar-refractivity contribution in [3.05, 3.63) is 35.1 Å². The Kier molecular flexibility index (Phi) is 6.62. The molecule has 2 heterocycles. The fourth-order valence-corrected chi connectivity index (χ4v) is 4.26. The Morgan fingerprint density at radius 1 is 1.24 bits per heavy atom. The Bertz CT molecular complexity index is 693. The third-order valence-electron chi connectivity index (χ3n) is 4.72. The van der Waals surface area contributed by atoms with Crippen LogP contribution in [0.3, 0.4) is 0 Å². The third kappa shape index (κ3) is 4.90. The van der Waals surface area contributed by atoms with E-state index in [-0.39, 0.29) is 0 Å². The van der Waals surface area contributed by atoms with Gasteiger partial charge in [0.25, 0.3) is 0 Å². The molecule has 5 nitrogen and oxygen atoms in total. The molecule has 1 saturated heterocycles. The first-order valence-corrected chi connectivity index (χ1v) is 10.1. The van der Waals surface area contributed by atoms with Gasteiger partial charge in [0.1, 0.15) is 12.4 Å². The van der Waals surface area contributed by atoms with Crippen molar-refractivity contribution in [3.8, 4) is 5.75 Å². The van der Waals surface area contributed by atoms with Crippen LogP contribution in [0.5, 0.6) is 5.75 Å². The zero-order valence-corrected chi connectivity index (χ0v) is 16.4. The Morgan fingerprint density at radius 2 is 2.08 bits per heavy atom. The highest BCUT2D eigenvalue weighted by Crippen LogP contribution is 2.25. The van der Waals surface area contributed by atoms with Crippen LogP contribution in [0.25, 0.3) is 0 Å². The van der Waals surface area contributed by atoms with Gasteiger partial charge in [-0.15, -0.1) is 10.2 Å². The van der Waals surface area contributed by atoms with Crippen LogP contribution in [0.2, 0.25) is 5.02 Å². The molecule has 1 aliphatic heterocycles. The highest BCUT2D eigenvalue weighted by Gasteiger charge is 2.19. The van der Waals surface area contributed by atoms with Crippen molar-refractivity contribution in [2.24, 2.45) is 7.05 Å². The second kappa shape index (κ2) is 8.92. The molecule has 0 radical (unpaired) electrons. The third-order valence-corrected chi connectivity index (χ3v) is 6.09. The lowest BCUT2D eigenvalue weighted by molar-refractivity contribution is 0.182. The average Bonchev–Trinajstić information content (AvgIpc) is 2.96. The maximum absolute atomic E-state index is 6.11. The van der Waals surface area contributed by atoms with Crippen molar-refractivity contribution in [1.29, 1.82) is 0 Å². The second-order valence-electron chi connectivity index (χ2n) is 6.44. The van der Waals surface area contributed by atoms with Crippen LogP contribution in [0.15, 0.2) is 29.4 Å². The van der Waals surface area contributed by atoms with E-state index in [0.29, 0.717) is 23.4 Å². The maximum atomic E-state index is 6.11. The molecular formula is C18H25ClN4OS. The summed E-state index contributed by atoms with van der Waals surface area (Å²) < 4.78 is 7.77. The van der Waals surface area contributed by atoms with Crippen molar-refractivity contribution in [1.82, 2.24) is 19.7 Å². The Morgan fingerprint density at radius 3 is 2.88 bits per heavy atom. The van der Waals surface area contributed by atoms with Gasteiger partial charge in [-0.3, -0.25) is 0 Å². The Labute approximate surface area is 158 Å². The van der Waals surface area contributed by atoms with Crippen LogP contribution in [0.4, 0.5) is 0 Å². The number of hydrogen-bond donors (Lipinski definition) is 0. The van der Waals surface area contributed by atoms with E-state index in [1.54, 1.807) is 11.8 Å². The fourth-order valence-electron chi connectivity index (χ4n) is 3.10. The van der Waals surface area contributed by atoms with E-state index in [4.69, 9.17) is 16.3 Å². The minimum absolute atomic E-state index is 0.360. The van der Waals surface area contributed by atoms with Gasteiger partial charge in [-0.05, 0) is 45.0 Å². The van der Waals surface area contributed by atoms with E-state index in [2.05, 4.69) is 22.1 Å². The standard InChI is InChI=1S/C18H25ClN4OS/c1-22-11-6-5-7-14(22)10-12-25-18-21-20-17(23(18)2)13-24-16-9-4-3-8-15(16)19/h3-4,8-9,14H,5-7,10-13H2,1-2H3. The summed E-state index contributed by atoms with van der Waals surface area (Å²) in [4.78, 5) is 2.49. The number of rotatable bonds is 7. The van der Waals surface area contributed by atoms with E-state index in [9.17, 15) is 0 Å². The van der Waals surface area contributed by atoms with Crippen molar-refractivity contribution in [2.45, 2.75) is 43.5 Å². The minimum atomic E-state index is 0.360. The van der Waals surface area contributed by atoms with E-state index in [0.717, 1.165) is 16.7 Å². The molecular weight excluding hydrogens is 356 g/mol. The number of ether oxygens (including phenoxy) is 1. The van der Waals surface area contributed by atoms with Crippen LogP contribution < -0.4 is 4.74 Å². The first-order valence-electron chi connectivity index (χ1n) is 8.74. The highest BCUT2D eigenvalue weighted by atomic mass is 35.5. The molecule has 7 heteroatoms. The normalized spacial score (nSPS) is 18.4. The van der Waals surface area contributed by atoms with Gasteiger partial charge < -0.3 is 14.2 Å². The number of hydrogen-bond acceptors (Lipinski definition) is 5. The molecule has 0 aliphatic carbocycles. The Hall–Kier alpha value is -1.24. The van der Waals surface area contributed by atoms with Gasteiger partial charge in [-0.25, -0.2) is 0 Å². The van der Waals surface area contributed by atoms with Crippen LogP contribution in [0.1, 0.15) is 31.5 Å². The lowest BCUT2D eigenvalue weighted by Crippen LogP contribution is -2.36. The quantitative estimate of drug-likeness (QED) is 0.679. The molecule has 1 aromatic heterocycles. The number of aromatic nitrogens is 3. The zero-order valence-electron chi connectivity index (χ0n) is 14.8. The number of thioether (sulfide) groups is 1. The van der Waals surface area contributed by atoms with Gasteiger partial charge in [-0.2, -0.15) is 0 Å². The maximum Gasteiger partial charge on any atom is 0.191 e. The molecule has 0 N–H and O–H groups in total. The summed E-state index contributed by atoms with van der Waals surface area (Å²) in [6.07, 6.45) is 5.19. The Balaban J connectivity index is 1.50. The monoisotopic (exact) mass is 380 g/mol. The molecule has 1 atom stereocenters. The zero-order chi connectivity index (χ0) is 17.6. The summed E-state index contributed by atoms with van der Waals surface area (Å²) in [5.41, 5.74) is 0. The predicted octanol–water partition coefficient (Wildman–Crippen LogP) is 4.01. The van der Waals surface area contributed by atoms with Crippen LogP contribution in [0, 0.1) is 0 Å². The van der Waals surface area contributed by atoms with Crippen molar-refractivity contribution in [3.63, 3.8) is 0 Å². The molecule has 0 saturated carbocycles. The summed E-state index contributed by atoms with van der Waals surface area (Å²) in [5.74, 6) is 2.53. The van der Waals surface area contributed by atoms with Crippen molar-refractivity contribution < 1.29 is 4.74 Å². The molecule has 136 valence electrons. The van der Waals surface area contributed by atoms with Gasteiger partial charge in [0.15, 0.2) is 11.0 Å². The summed E-state index contributed by atoms with van der Waals surface area (Å²) in [6, 6.07) is 8.17. The molecule has 1 aromatic carbocycles. The van der Waals surface area contributed by atoms with E-state index in [1.165, 1.54) is 32.2 Å². The van der Waals surface area contributed by atoms with Crippen LogP contribution >= 0.6 is 23.4 Å². The molecule has 0 spiro atoms. The molecule has 3 rings (SSSR count). The van der Waals surface area contributed by atoms with Crippen LogP contribution in [-0.2, 0) is 13.7 Å². The number of piperidine rings is 1. The molecule has 25 heavy (non-hydrogen) atoms. The van der Waals surface area contributed by atoms with Gasteiger partial charge >= 0.3 is 0 Å². The lowest BCUT2D eigenvalue weighted by atomic mass is 10.0. The fraction of sp³-hybridized carbons (Fsp3) is 0.556. The summed E-state index contributed by atoms with van der Waals surface area (Å²) in [6.45, 7) is 1.59. The van der Waals surface area contributed by atoms with Crippen molar-refractivity contribution >= 4 is 23.4 Å². The van der Waals surface area contributed by atoms with Gasteiger partial charge in [0.2, 0.25) is 0 Å². The molecule has 0 amide bonds. The average molecular weight is 381 g/mol. The summed E-state index contributed by atoms with van der Waals surface area (Å²) in [7, 11) is 4.22. The SMILES string of the molecule is CN1CCCCC1CCSc1nnc(COc2ccccc2Cl)n1C. The number of nitrogens with zero attached hydrogens (tertiary/aromatic N) is 4. The summed E-state index contributed by atoms with van der Waals surface area (Å²) >= 11 is 7.88. The van der Waals surface area contributed by atoms with Gasteiger partial charge in [0, 0.05) is 18.8 Å². The minimum Gasteiger partial charge on any atom is -0.484 e. The van der Waals surface area contributed by atoms with Gasteiger partial charge in [-0.1, -0.05) is 41.9 Å². The summed E-state index contributed by atoms with van der Waals surface area (Å²) in [5, 5.41) is 10.1. The van der Waals surface area contributed by atoms with Gasteiger partial charge in [0.05, 0.1) is 5.02 Å². The number of likely N-dealkylation sites (tertiary alicyclic amines) is 1. The lowest BCUT2D eigenvalue weighted by Gasteiger charge is -2.32.